The zero-order valence-electron chi connectivity index (χ0n) is 18.9. The Morgan fingerprint density at radius 2 is 1.76 bits per heavy atom. The van der Waals surface area contributed by atoms with Gasteiger partial charge in [-0.1, -0.05) is 42.0 Å². The van der Waals surface area contributed by atoms with Gasteiger partial charge in [-0.15, -0.1) is 0 Å². The molecule has 4 rings (SSSR count). The molecular weight excluding hydrogens is 472 g/mol. The molecule has 4 aromatic rings. The average Bonchev–Trinajstić information content (AvgIpc) is 3.25. The summed E-state index contributed by atoms with van der Waals surface area (Å²) in [5.41, 5.74) is 3.10. The number of aromatic nitrogens is 2. The Hall–Kier alpha value is -3.29. The summed E-state index contributed by atoms with van der Waals surface area (Å²) >= 11 is 5.91. The van der Waals surface area contributed by atoms with Gasteiger partial charge in [-0.05, 0) is 60.4 Å². The van der Waals surface area contributed by atoms with Crippen LogP contribution in [0.5, 0.6) is 11.5 Å². The molecule has 0 radical (unpaired) electrons. The van der Waals surface area contributed by atoms with Crippen LogP contribution in [0.1, 0.15) is 12.0 Å². The highest BCUT2D eigenvalue weighted by Crippen LogP contribution is 2.36. The van der Waals surface area contributed by atoms with Gasteiger partial charge in [-0.2, -0.15) is 0 Å². The van der Waals surface area contributed by atoms with E-state index >= 15 is 0 Å². The zero-order chi connectivity index (χ0) is 24.1. The molecule has 0 aliphatic heterocycles. The summed E-state index contributed by atoms with van der Waals surface area (Å²) in [4.78, 5) is 4.35. The van der Waals surface area contributed by atoms with E-state index in [1.807, 2.05) is 48.5 Å². The highest BCUT2D eigenvalue weighted by Gasteiger charge is 2.20. The zero-order valence-corrected chi connectivity index (χ0v) is 20.5. The third-order valence-corrected chi connectivity index (χ3v) is 7.26. The van der Waals surface area contributed by atoms with Crippen molar-refractivity contribution in [3.05, 3.63) is 89.7 Å². The van der Waals surface area contributed by atoms with E-state index in [1.165, 1.54) is 3.97 Å². The van der Waals surface area contributed by atoms with E-state index in [9.17, 15) is 8.42 Å². The predicted molar refractivity (Wildman–Crippen MR) is 136 cm³/mol. The maximum absolute atomic E-state index is 13.2. The molecule has 0 saturated heterocycles. The monoisotopic (exact) mass is 496 g/mol. The number of benzene rings is 2. The Balaban J connectivity index is 1.58. The van der Waals surface area contributed by atoms with E-state index in [0.29, 0.717) is 22.2 Å². The molecule has 176 valence electrons. The van der Waals surface area contributed by atoms with Crippen LogP contribution in [-0.2, 0) is 16.4 Å². The molecule has 0 unspecified atom stereocenters. The van der Waals surface area contributed by atoms with Crippen molar-refractivity contribution in [3.63, 3.8) is 0 Å². The smallest absolute Gasteiger partial charge is 0.243 e. The van der Waals surface area contributed by atoms with Gasteiger partial charge in [0.25, 0.3) is 0 Å². The van der Waals surface area contributed by atoms with Crippen molar-refractivity contribution >= 4 is 32.7 Å². The van der Waals surface area contributed by atoms with Crippen LogP contribution >= 0.6 is 11.6 Å². The van der Waals surface area contributed by atoms with Gasteiger partial charge in [-0.3, -0.25) is 0 Å². The number of hydrogen-bond donors (Lipinski definition) is 0. The predicted octanol–water partition coefficient (Wildman–Crippen LogP) is 5.74. The third kappa shape index (κ3) is 5.11. The molecule has 0 amide bonds. The van der Waals surface area contributed by atoms with Crippen LogP contribution in [0.15, 0.2) is 79.1 Å². The summed E-state index contributed by atoms with van der Waals surface area (Å²) < 4.78 is 38.4. The molecule has 0 aliphatic rings. The lowest BCUT2D eigenvalue weighted by atomic mass is 10.1. The van der Waals surface area contributed by atoms with Crippen molar-refractivity contribution in [2.75, 3.05) is 20.0 Å². The van der Waals surface area contributed by atoms with Gasteiger partial charge in [0.1, 0.15) is 0 Å². The Kier molecular flexibility index (Phi) is 7.24. The second-order valence-electron chi connectivity index (χ2n) is 7.70. The Morgan fingerprint density at radius 3 is 2.50 bits per heavy atom. The van der Waals surface area contributed by atoms with Gasteiger partial charge >= 0.3 is 0 Å². The van der Waals surface area contributed by atoms with E-state index in [4.69, 9.17) is 21.1 Å². The second kappa shape index (κ2) is 10.3. The third-order valence-electron chi connectivity index (χ3n) is 5.51. The minimum atomic E-state index is -3.66. The molecule has 34 heavy (non-hydrogen) atoms. The van der Waals surface area contributed by atoms with Gasteiger partial charge in [0.15, 0.2) is 17.1 Å². The van der Waals surface area contributed by atoms with Crippen molar-refractivity contribution in [3.8, 4) is 22.6 Å². The van der Waals surface area contributed by atoms with Crippen molar-refractivity contribution in [2.45, 2.75) is 12.8 Å². The molecular formula is C26H25ClN2O4S. The molecule has 0 aliphatic carbocycles. The summed E-state index contributed by atoms with van der Waals surface area (Å²) in [5, 5.41) is 1.44. The first-order valence-electron chi connectivity index (χ1n) is 10.7. The number of methoxy groups -OCH3 is 2. The molecule has 0 fully saturated rings. The first-order chi connectivity index (χ1) is 16.4. The highest BCUT2D eigenvalue weighted by atomic mass is 35.5. The number of ether oxygens (including phenoxy) is 2. The number of pyridine rings is 1. The first kappa shape index (κ1) is 23.9. The van der Waals surface area contributed by atoms with Gasteiger partial charge in [0, 0.05) is 28.4 Å². The first-order valence-corrected chi connectivity index (χ1v) is 12.7. The van der Waals surface area contributed by atoms with E-state index in [-0.39, 0.29) is 5.75 Å². The number of halogens is 1. The van der Waals surface area contributed by atoms with Crippen molar-refractivity contribution in [1.82, 2.24) is 8.96 Å². The summed E-state index contributed by atoms with van der Waals surface area (Å²) in [7, 11) is -0.521. The second-order valence-corrected chi connectivity index (χ2v) is 10.0. The van der Waals surface area contributed by atoms with Gasteiger partial charge in [0.2, 0.25) is 10.0 Å². The topological polar surface area (TPSA) is 70.4 Å². The van der Waals surface area contributed by atoms with Crippen LogP contribution < -0.4 is 9.47 Å². The van der Waals surface area contributed by atoms with Crippen LogP contribution in [0.2, 0.25) is 5.02 Å². The maximum Gasteiger partial charge on any atom is 0.243 e. The fourth-order valence-corrected chi connectivity index (χ4v) is 5.11. The highest BCUT2D eigenvalue weighted by molar-refractivity contribution is 7.90. The molecule has 0 bridgehead atoms. The van der Waals surface area contributed by atoms with Crippen LogP contribution in [0.3, 0.4) is 0 Å². The fraction of sp³-hybridized carbons (Fsp3) is 0.192. The average molecular weight is 497 g/mol. The maximum atomic E-state index is 13.2. The lowest BCUT2D eigenvalue weighted by Gasteiger charge is -2.09. The standard InChI is InChI=1S/C26H25ClN2O4S/c1-32-24-14-11-20(17-25(24)33-2)23-18-29(26-22(23)8-6-15-28-26)34(30,31)16-5-3-4-7-19-9-12-21(27)13-10-19/h3,5-6,8-15,17-18H,4,7,16H2,1-2H3. The summed E-state index contributed by atoms with van der Waals surface area (Å²) in [6, 6.07) is 16.8. The molecule has 0 N–H and O–H groups in total. The van der Waals surface area contributed by atoms with E-state index < -0.39 is 10.0 Å². The van der Waals surface area contributed by atoms with Crippen molar-refractivity contribution < 1.29 is 17.9 Å². The quantitative estimate of drug-likeness (QED) is 0.276. The van der Waals surface area contributed by atoms with Crippen LogP contribution in [-0.4, -0.2) is 37.3 Å². The van der Waals surface area contributed by atoms with Crippen molar-refractivity contribution in [2.24, 2.45) is 0 Å². The number of nitrogens with zero attached hydrogens (tertiary/aromatic N) is 2. The Bertz CT molecular complexity index is 1430. The van der Waals surface area contributed by atoms with Crippen LogP contribution in [0.25, 0.3) is 22.2 Å². The largest absolute Gasteiger partial charge is 0.493 e. The summed E-state index contributed by atoms with van der Waals surface area (Å²) in [5.74, 6) is 1.04. The Labute approximate surface area is 204 Å². The van der Waals surface area contributed by atoms with Gasteiger partial charge in [0.05, 0.1) is 20.0 Å². The normalized spacial score (nSPS) is 11.9. The number of allylic oxidation sites excluding steroid dienone is 1. The molecule has 0 spiro atoms. The molecule has 2 aromatic heterocycles. The lowest BCUT2D eigenvalue weighted by Crippen LogP contribution is -2.14. The number of rotatable bonds is 9. The Morgan fingerprint density at radius 1 is 1.00 bits per heavy atom. The number of hydrogen-bond acceptors (Lipinski definition) is 5. The fourth-order valence-electron chi connectivity index (χ4n) is 3.77. The minimum absolute atomic E-state index is 0.126. The summed E-state index contributed by atoms with van der Waals surface area (Å²) in [6.07, 6.45) is 8.34. The van der Waals surface area contributed by atoms with E-state index in [1.54, 1.807) is 44.8 Å². The van der Waals surface area contributed by atoms with Gasteiger partial charge in [-0.25, -0.2) is 17.4 Å². The van der Waals surface area contributed by atoms with Gasteiger partial charge < -0.3 is 9.47 Å². The number of aryl methyl sites for hydroxylation is 1. The minimum Gasteiger partial charge on any atom is -0.493 e. The van der Waals surface area contributed by atoms with E-state index in [2.05, 4.69) is 4.98 Å². The molecule has 8 heteroatoms. The molecule has 2 heterocycles. The lowest BCUT2D eigenvalue weighted by molar-refractivity contribution is 0.355. The molecule has 0 atom stereocenters. The van der Waals surface area contributed by atoms with Crippen molar-refractivity contribution in [1.29, 1.82) is 0 Å². The number of fused-ring (bicyclic) bond motifs is 1. The van der Waals surface area contributed by atoms with Crippen LogP contribution in [0, 0.1) is 0 Å². The molecule has 2 aromatic carbocycles. The molecule has 0 saturated carbocycles. The molecule has 6 nitrogen and oxygen atoms in total. The summed E-state index contributed by atoms with van der Waals surface area (Å²) in [6.45, 7) is 0. The SMILES string of the molecule is COc1ccc(-c2cn(S(=O)(=O)CC=CCCc3ccc(Cl)cc3)c3ncccc23)cc1OC. The van der Waals surface area contributed by atoms with Crippen LogP contribution in [0.4, 0.5) is 0 Å². The van der Waals surface area contributed by atoms with E-state index in [0.717, 1.165) is 34.9 Å².